The highest BCUT2D eigenvalue weighted by Gasteiger charge is 2.31. The average molecular weight is 172 g/mol. The third-order valence-electron chi connectivity index (χ3n) is 2.44. The molecule has 2 unspecified atom stereocenters. The zero-order valence-electron chi connectivity index (χ0n) is 7.62. The topological polar surface area (TPSA) is 55.6 Å². The van der Waals surface area contributed by atoms with Gasteiger partial charge in [0.2, 0.25) is 0 Å². The first kappa shape index (κ1) is 9.48. The predicted molar refractivity (Wildman–Crippen MR) is 45.6 cm³/mol. The van der Waals surface area contributed by atoms with Crippen molar-refractivity contribution in [2.45, 2.75) is 25.4 Å². The molecule has 0 saturated carbocycles. The van der Waals surface area contributed by atoms with E-state index in [9.17, 15) is 4.79 Å². The minimum atomic E-state index is -0.113. The zero-order valence-corrected chi connectivity index (χ0v) is 7.62. The molecule has 2 N–H and O–H groups in total. The number of nitrogens with two attached hydrogens (primary N) is 1. The minimum absolute atomic E-state index is 0.0800. The summed E-state index contributed by atoms with van der Waals surface area (Å²) in [5.74, 6) is -0.113. The van der Waals surface area contributed by atoms with E-state index in [-0.39, 0.29) is 18.1 Å². The lowest BCUT2D eigenvalue weighted by Gasteiger charge is -2.26. The van der Waals surface area contributed by atoms with Crippen LogP contribution in [-0.2, 0) is 9.53 Å². The Balaban J connectivity index is 2.51. The third-order valence-corrected chi connectivity index (χ3v) is 2.44. The number of carbonyl (C=O) groups excluding carboxylic acids is 1. The van der Waals surface area contributed by atoms with Gasteiger partial charge in [-0.15, -0.1) is 0 Å². The van der Waals surface area contributed by atoms with Crippen molar-refractivity contribution >= 4 is 5.97 Å². The first-order chi connectivity index (χ1) is 5.66. The van der Waals surface area contributed by atoms with Crippen LogP contribution in [0, 0.1) is 0 Å². The van der Waals surface area contributed by atoms with Gasteiger partial charge in [0.15, 0.2) is 0 Å². The number of nitrogens with zero attached hydrogens (tertiary/aromatic N) is 1. The molecule has 1 saturated heterocycles. The molecule has 0 aliphatic carbocycles. The molecule has 12 heavy (non-hydrogen) atoms. The Bertz CT molecular complexity index is 172. The molecule has 0 aromatic heterocycles. The van der Waals surface area contributed by atoms with Crippen LogP contribution in [0.15, 0.2) is 0 Å². The molecule has 0 aromatic carbocycles. The number of rotatable bonds is 3. The van der Waals surface area contributed by atoms with Gasteiger partial charge >= 0.3 is 5.97 Å². The van der Waals surface area contributed by atoms with E-state index < -0.39 is 0 Å². The number of ether oxygens (including phenoxy) is 1. The Labute approximate surface area is 72.7 Å². The van der Waals surface area contributed by atoms with Crippen molar-refractivity contribution in [3.05, 3.63) is 0 Å². The molecule has 0 radical (unpaired) electrons. The van der Waals surface area contributed by atoms with E-state index in [1.807, 2.05) is 18.9 Å². The van der Waals surface area contributed by atoms with Gasteiger partial charge < -0.3 is 10.5 Å². The Morgan fingerprint density at radius 1 is 1.83 bits per heavy atom. The number of cyclic esters (lactones) is 1. The summed E-state index contributed by atoms with van der Waals surface area (Å²) >= 11 is 0. The molecule has 70 valence electrons. The highest BCUT2D eigenvalue weighted by Crippen LogP contribution is 2.14. The third kappa shape index (κ3) is 1.76. The highest BCUT2D eigenvalue weighted by atomic mass is 16.5. The average Bonchev–Trinajstić information content (AvgIpc) is 2.48. The van der Waals surface area contributed by atoms with Gasteiger partial charge in [-0.3, -0.25) is 9.69 Å². The molecule has 0 aromatic rings. The van der Waals surface area contributed by atoms with E-state index >= 15 is 0 Å². The van der Waals surface area contributed by atoms with Crippen molar-refractivity contribution in [3.8, 4) is 0 Å². The molecule has 2 atom stereocenters. The Kier molecular flexibility index (Phi) is 3.05. The van der Waals surface area contributed by atoms with Crippen molar-refractivity contribution in [2.75, 3.05) is 20.2 Å². The number of hydrogen-bond donors (Lipinski definition) is 1. The quantitative estimate of drug-likeness (QED) is 0.587. The second-order valence-corrected chi connectivity index (χ2v) is 3.22. The maximum atomic E-state index is 11.1. The normalized spacial score (nSPS) is 26.0. The van der Waals surface area contributed by atoms with Crippen LogP contribution < -0.4 is 5.73 Å². The van der Waals surface area contributed by atoms with E-state index in [0.29, 0.717) is 13.2 Å². The summed E-state index contributed by atoms with van der Waals surface area (Å²) in [7, 11) is 1.91. The van der Waals surface area contributed by atoms with Crippen LogP contribution in [0.4, 0.5) is 0 Å². The van der Waals surface area contributed by atoms with E-state index in [1.165, 1.54) is 0 Å². The van der Waals surface area contributed by atoms with Crippen LogP contribution in [0.2, 0.25) is 0 Å². The van der Waals surface area contributed by atoms with Crippen LogP contribution in [0.5, 0.6) is 0 Å². The Hall–Kier alpha value is -0.610. The summed E-state index contributed by atoms with van der Waals surface area (Å²) in [6, 6.07) is 0.157. The van der Waals surface area contributed by atoms with E-state index in [1.54, 1.807) is 0 Å². The van der Waals surface area contributed by atoms with Crippen molar-refractivity contribution in [1.29, 1.82) is 0 Å². The van der Waals surface area contributed by atoms with Crippen molar-refractivity contribution < 1.29 is 9.53 Å². The first-order valence-corrected chi connectivity index (χ1v) is 4.25. The molecule has 4 nitrogen and oxygen atoms in total. The van der Waals surface area contributed by atoms with Gasteiger partial charge in [0.05, 0.1) is 6.61 Å². The maximum Gasteiger partial charge on any atom is 0.323 e. The molecular weight excluding hydrogens is 156 g/mol. The number of likely N-dealkylation sites (N-methyl/N-ethyl adjacent to an activating group) is 1. The van der Waals surface area contributed by atoms with Crippen molar-refractivity contribution in [3.63, 3.8) is 0 Å². The molecule has 0 spiro atoms. The van der Waals surface area contributed by atoms with Gasteiger partial charge in [-0.25, -0.2) is 0 Å². The van der Waals surface area contributed by atoms with Crippen LogP contribution in [0.1, 0.15) is 13.3 Å². The van der Waals surface area contributed by atoms with Gasteiger partial charge in [0.1, 0.15) is 6.04 Å². The predicted octanol–water partition coefficient (Wildman–Crippen LogP) is -0.419. The van der Waals surface area contributed by atoms with Gasteiger partial charge in [-0.05, 0) is 14.0 Å². The van der Waals surface area contributed by atoms with Crippen molar-refractivity contribution in [2.24, 2.45) is 5.73 Å². The van der Waals surface area contributed by atoms with Crippen molar-refractivity contribution in [1.82, 2.24) is 4.90 Å². The Morgan fingerprint density at radius 2 is 2.50 bits per heavy atom. The standard InChI is InChI=1S/C8H16N2O2/c1-6(5-9)10(2)7-3-4-12-8(7)11/h6-7H,3-5,9H2,1-2H3. The fourth-order valence-corrected chi connectivity index (χ4v) is 1.33. The molecule has 0 bridgehead atoms. The molecule has 4 heteroatoms. The summed E-state index contributed by atoms with van der Waals surface area (Å²) in [6.07, 6.45) is 0.791. The summed E-state index contributed by atoms with van der Waals surface area (Å²) in [4.78, 5) is 13.1. The lowest BCUT2D eigenvalue weighted by molar-refractivity contribution is -0.142. The van der Waals surface area contributed by atoms with E-state index in [2.05, 4.69) is 0 Å². The smallest absolute Gasteiger partial charge is 0.323 e. The zero-order chi connectivity index (χ0) is 9.14. The van der Waals surface area contributed by atoms with Crippen LogP contribution >= 0.6 is 0 Å². The second kappa shape index (κ2) is 3.87. The summed E-state index contributed by atoms with van der Waals surface area (Å²) in [5, 5.41) is 0. The van der Waals surface area contributed by atoms with E-state index in [0.717, 1.165) is 6.42 Å². The monoisotopic (exact) mass is 172 g/mol. The number of esters is 1. The lowest BCUT2D eigenvalue weighted by Crippen LogP contribution is -2.44. The molecule has 0 amide bonds. The fraction of sp³-hybridized carbons (Fsp3) is 0.875. The summed E-state index contributed by atoms with van der Waals surface area (Å²) in [6.45, 7) is 3.12. The molecule has 1 rings (SSSR count). The van der Waals surface area contributed by atoms with Gasteiger partial charge in [0, 0.05) is 19.0 Å². The van der Waals surface area contributed by atoms with Crippen LogP contribution in [0.25, 0.3) is 0 Å². The maximum absolute atomic E-state index is 11.1. The second-order valence-electron chi connectivity index (χ2n) is 3.22. The SMILES string of the molecule is CC(CN)N(C)C1CCOC1=O. The summed E-state index contributed by atoms with van der Waals surface area (Å²) < 4.78 is 4.86. The fourth-order valence-electron chi connectivity index (χ4n) is 1.33. The first-order valence-electron chi connectivity index (χ1n) is 4.25. The summed E-state index contributed by atoms with van der Waals surface area (Å²) in [5.41, 5.74) is 5.49. The molecule has 1 fully saturated rings. The largest absolute Gasteiger partial charge is 0.464 e. The van der Waals surface area contributed by atoms with Gasteiger partial charge in [-0.1, -0.05) is 0 Å². The van der Waals surface area contributed by atoms with Gasteiger partial charge in [0.25, 0.3) is 0 Å². The van der Waals surface area contributed by atoms with Crippen LogP contribution in [-0.4, -0.2) is 43.2 Å². The molecule has 1 heterocycles. The van der Waals surface area contributed by atoms with Crippen LogP contribution in [0.3, 0.4) is 0 Å². The molecular formula is C8H16N2O2. The molecule has 1 aliphatic heterocycles. The minimum Gasteiger partial charge on any atom is -0.464 e. The van der Waals surface area contributed by atoms with Gasteiger partial charge in [-0.2, -0.15) is 0 Å². The van der Waals surface area contributed by atoms with E-state index in [4.69, 9.17) is 10.5 Å². The number of hydrogen-bond acceptors (Lipinski definition) is 4. The lowest BCUT2D eigenvalue weighted by atomic mass is 10.2. The number of carbonyl (C=O) groups is 1. The Morgan fingerprint density at radius 3 is 2.92 bits per heavy atom. The molecule has 1 aliphatic rings. The highest BCUT2D eigenvalue weighted by molar-refractivity contribution is 5.77.